The first-order valence-electron chi connectivity index (χ1n) is 9.36. The molecule has 1 aliphatic heterocycles. The van der Waals surface area contributed by atoms with Crippen molar-refractivity contribution in [3.8, 4) is 5.75 Å². The molecule has 1 heterocycles. The zero-order valence-corrected chi connectivity index (χ0v) is 17.5. The van der Waals surface area contributed by atoms with Gasteiger partial charge in [-0.15, -0.1) is 0 Å². The van der Waals surface area contributed by atoms with Gasteiger partial charge in [0.05, 0.1) is 12.7 Å². The van der Waals surface area contributed by atoms with E-state index in [0.29, 0.717) is 6.61 Å². The van der Waals surface area contributed by atoms with Gasteiger partial charge in [0.2, 0.25) is 0 Å². The predicted octanol–water partition coefficient (Wildman–Crippen LogP) is 5.95. The van der Waals surface area contributed by atoms with Crippen LogP contribution in [0.5, 0.6) is 5.75 Å². The van der Waals surface area contributed by atoms with Gasteiger partial charge in [-0.3, -0.25) is 0 Å². The first kappa shape index (κ1) is 19.1. The molecule has 4 heteroatoms. The van der Waals surface area contributed by atoms with Crippen LogP contribution in [0.1, 0.15) is 38.9 Å². The van der Waals surface area contributed by atoms with Crippen molar-refractivity contribution in [3.63, 3.8) is 0 Å². The van der Waals surface area contributed by atoms with Gasteiger partial charge in [0.1, 0.15) is 11.9 Å². The number of hydrogen-bond donors (Lipinski definition) is 1. The number of phenols is 1. The quantitative estimate of drug-likeness (QED) is 0.533. The second-order valence-corrected chi connectivity index (χ2v) is 13.4. The van der Waals surface area contributed by atoms with Crippen LogP contribution in [0.25, 0.3) is 10.8 Å². The van der Waals surface area contributed by atoms with Gasteiger partial charge < -0.3 is 14.3 Å². The third-order valence-corrected chi connectivity index (χ3v) is 10.2. The standard InChI is InChI=1S/C22H30O3Si/c1-22(2,3)26(4,5)24-15-17-10-8-12-20(25-17)21-18-11-7-6-9-16(18)13-14-19(21)23/h6-9,11-14,17,20,23H,10,15H2,1-5H3. The monoisotopic (exact) mass is 370 g/mol. The highest BCUT2D eigenvalue weighted by molar-refractivity contribution is 6.74. The van der Waals surface area contributed by atoms with Crippen molar-refractivity contribution < 1.29 is 14.3 Å². The van der Waals surface area contributed by atoms with E-state index >= 15 is 0 Å². The second-order valence-electron chi connectivity index (χ2n) is 8.63. The molecule has 3 nitrogen and oxygen atoms in total. The smallest absolute Gasteiger partial charge is 0.192 e. The minimum absolute atomic E-state index is 0.0116. The molecule has 0 aromatic heterocycles. The molecule has 3 rings (SSSR count). The molecule has 0 aliphatic carbocycles. The van der Waals surface area contributed by atoms with Crippen molar-refractivity contribution in [1.29, 1.82) is 0 Å². The molecule has 0 fully saturated rings. The molecule has 1 aliphatic rings. The van der Waals surface area contributed by atoms with Gasteiger partial charge in [-0.2, -0.15) is 0 Å². The van der Waals surface area contributed by atoms with Gasteiger partial charge in [0, 0.05) is 5.56 Å². The van der Waals surface area contributed by atoms with E-state index in [4.69, 9.17) is 9.16 Å². The van der Waals surface area contributed by atoms with Crippen LogP contribution in [0, 0.1) is 0 Å². The van der Waals surface area contributed by atoms with Crippen LogP contribution in [-0.4, -0.2) is 26.1 Å². The Morgan fingerprint density at radius 3 is 2.62 bits per heavy atom. The number of rotatable bonds is 4. The summed E-state index contributed by atoms with van der Waals surface area (Å²) < 4.78 is 12.7. The molecule has 2 aromatic rings. The number of benzene rings is 2. The lowest BCUT2D eigenvalue weighted by atomic mass is 9.97. The van der Waals surface area contributed by atoms with Gasteiger partial charge in [-0.1, -0.05) is 63.3 Å². The average molecular weight is 371 g/mol. The van der Waals surface area contributed by atoms with Crippen LogP contribution in [0.3, 0.4) is 0 Å². The van der Waals surface area contributed by atoms with Gasteiger partial charge in [-0.25, -0.2) is 0 Å². The van der Waals surface area contributed by atoms with Crippen molar-refractivity contribution in [2.75, 3.05) is 6.61 Å². The van der Waals surface area contributed by atoms with Gasteiger partial charge >= 0.3 is 0 Å². The van der Waals surface area contributed by atoms with Crippen LogP contribution >= 0.6 is 0 Å². The molecule has 2 unspecified atom stereocenters. The Bertz CT molecular complexity index is 805. The molecular formula is C22H30O3Si. The summed E-state index contributed by atoms with van der Waals surface area (Å²) in [6.07, 6.45) is 4.80. The van der Waals surface area contributed by atoms with E-state index in [1.807, 2.05) is 30.3 Å². The Morgan fingerprint density at radius 1 is 1.15 bits per heavy atom. The first-order valence-corrected chi connectivity index (χ1v) is 12.3. The van der Waals surface area contributed by atoms with Crippen LogP contribution < -0.4 is 0 Å². The summed E-state index contributed by atoms with van der Waals surface area (Å²) in [7, 11) is -1.80. The number of ether oxygens (including phenoxy) is 1. The second kappa shape index (κ2) is 7.18. The fourth-order valence-electron chi connectivity index (χ4n) is 3.03. The molecule has 0 saturated heterocycles. The lowest BCUT2D eigenvalue weighted by Crippen LogP contribution is -2.43. The van der Waals surface area contributed by atoms with E-state index in [0.717, 1.165) is 22.8 Å². The molecule has 0 bridgehead atoms. The van der Waals surface area contributed by atoms with Crippen LogP contribution in [-0.2, 0) is 9.16 Å². The fraction of sp³-hybridized carbons (Fsp3) is 0.455. The molecule has 0 radical (unpaired) electrons. The summed E-state index contributed by atoms with van der Waals surface area (Å²) in [5, 5.41) is 12.8. The average Bonchev–Trinajstić information content (AvgIpc) is 2.59. The normalized spacial score (nSPS) is 21.3. The highest BCUT2D eigenvalue weighted by atomic mass is 28.4. The third-order valence-electron chi connectivity index (χ3n) is 5.72. The summed E-state index contributed by atoms with van der Waals surface area (Å²) in [5.41, 5.74) is 0.844. The van der Waals surface area contributed by atoms with E-state index in [1.165, 1.54) is 0 Å². The first-order chi connectivity index (χ1) is 12.2. The molecule has 26 heavy (non-hydrogen) atoms. The van der Waals surface area contributed by atoms with Crippen molar-refractivity contribution in [1.82, 2.24) is 0 Å². The minimum Gasteiger partial charge on any atom is -0.508 e. The molecule has 2 atom stereocenters. The molecule has 140 valence electrons. The van der Waals surface area contributed by atoms with Crippen molar-refractivity contribution >= 4 is 19.1 Å². The Morgan fingerprint density at radius 2 is 1.88 bits per heavy atom. The Hall–Kier alpha value is -1.62. The number of fused-ring (bicyclic) bond motifs is 1. The summed E-state index contributed by atoms with van der Waals surface area (Å²) in [4.78, 5) is 0. The van der Waals surface area contributed by atoms with Gasteiger partial charge in [-0.05, 0) is 41.4 Å². The Kier molecular flexibility index (Phi) is 5.29. The summed E-state index contributed by atoms with van der Waals surface area (Å²) in [6.45, 7) is 11.9. The summed E-state index contributed by atoms with van der Waals surface area (Å²) in [6, 6.07) is 11.8. The highest BCUT2D eigenvalue weighted by Crippen LogP contribution is 2.39. The lowest BCUT2D eigenvalue weighted by molar-refractivity contribution is -0.0226. The fourth-order valence-corrected chi connectivity index (χ4v) is 4.07. The van der Waals surface area contributed by atoms with E-state index in [-0.39, 0.29) is 23.0 Å². The predicted molar refractivity (Wildman–Crippen MR) is 110 cm³/mol. The summed E-state index contributed by atoms with van der Waals surface area (Å²) in [5.74, 6) is 0.282. The van der Waals surface area contributed by atoms with Crippen molar-refractivity contribution in [3.05, 3.63) is 54.1 Å². The van der Waals surface area contributed by atoms with Gasteiger partial charge in [0.25, 0.3) is 0 Å². The van der Waals surface area contributed by atoms with Crippen molar-refractivity contribution in [2.24, 2.45) is 0 Å². The molecule has 0 saturated carbocycles. The Balaban J connectivity index is 1.79. The van der Waals surface area contributed by atoms with Crippen LogP contribution in [0.4, 0.5) is 0 Å². The number of hydrogen-bond acceptors (Lipinski definition) is 3. The SMILES string of the molecule is CC(C)(C)[Si](C)(C)OCC1CC=CC(c2c(O)ccc3ccccc23)O1. The van der Waals surface area contributed by atoms with Crippen LogP contribution in [0.15, 0.2) is 48.6 Å². The van der Waals surface area contributed by atoms with E-state index in [9.17, 15) is 5.11 Å². The maximum atomic E-state index is 10.5. The molecule has 1 N–H and O–H groups in total. The molecule has 2 aromatic carbocycles. The van der Waals surface area contributed by atoms with Crippen LogP contribution in [0.2, 0.25) is 18.1 Å². The zero-order chi connectivity index (χ0) is 18.9. The maximum Gasteiger partial charge on any atom is 0.192 e. The lowest BCUT2D eigenvalue weighted by Gasteiger charge is -2.38. The van der Waals surface area contributed by atoms with E-state index in [1.54, 1.807) is 6.07 Å². The minimum atomic E-state index is -1.80. The molecular weight excluding hydrogens is 340 g/mol. The maximum absolute atomic E-state index is 10.5. The zero-order valence-electron chi connectivity index (χ0n) is 16.5. The third kappa shape index (κ3) is 3.87. The summed E-state index contributed by atoms with van der Waals surface area (Å²) >= 11 is 0. The largest absolute Gasteiger partial charge is 0.508 e. The topological polar surface area (TPSA) is 38.7 Å². The molecule has 0 spiro atoms. The van der Waals surface area contributed by atoms with E-state index in [2.05, 4.69) is 46.0 Å². The number of phenolic OH excluding ortho intramolecular Hbond substituents is 1. The highest BCUT2D eigenvalue weighted by Gasteiger charge is 2.38. The van der Waals surface area contributed by atoms with E-state index < -0.39 is 8.32 Å². The Labute approximate surface area is 157 Å². The van der Waals surface area contributed by atoms with Gasteiger partial charge in [0.15, 0.2) is 8.32 Å². The number of aromatic hydroxyl groups is 1. The van der Waals surface area contributed by atoms with Crippen molar-refractivity contribution in [2.45, 2.75) is 57.5 Å². The molecule has 0 amide bonds.